The largest absolute Gasteiger partial charge is 0.480 e. The summed E-state index contributed by atoms with van der Waals surface area (Å²) in [5.74, 6) is 0.662. The maximum atomic E-state index is 12.5. The lowest BCUT2D eigenvalue weighted by Gasteiger charge is -2.39. The number of rotatable bonds is 5. The van der Waals surface area contributed by atoms with Gasteiger partial charge in [0.15, 0.2) is 0 Å². The molecule has 2 aliphatic heterocycles. The fourth-order valence-corrected chi connectivity index (χ4v) is 4.02. The number of likely N-dealkylation sites (N-methyl/N-ethyl adjacent to an activating group) is 1. The van der Waals surface area contributed by atoms with Gasteiger partial charge < -0.3 is 10.0 Å². The number of aliphatic carboxylic acids is 1. The van der Waals surface area contributed by atoms with E-state index in [1.165, 1.54) is 6.42 Å². The summed E-state index contributed by atoms with van der Waals surface area (Å²) >= 11 is 0. The van der Waals surface area contributed by atoms with Crippen molar-refractivity contribution in [3.05, 3.63) is 0 Å². The third kappa shape index (κ3) is 5.46. The Hall–Kier alpha value is -1.14. The van der Waals surface area contributed by atoms with Crippen molar-refractivity contribution in [2.75, 3.05) is 46.3 Å². The minimum atomic E-state index is -0.779. The molecule has 2 rings (SSSR count). The van der Waals surface area contributed by atoms with Crippen LogP contribution in [-0.2, 0) is 9.59 Å². The summed E-state index contributed by atoms with van der Waals surface area (Å²) in [6, 6.07) is 0.312. The van der Waals surface area contributed by atoms with Crippen LogP contribution < -0.4 is 0 Å². The van der Waals surface area contributed by atoms with Crippen molar-refractivity contribution in [1.82, 2.24) is 14.7 Å². The van der Waals surface area contributed by atoms with Crippen LogP contribution in [0.5, 0.6) is 0 Å². The number of carbonyl (C=O) groups excluding carboxylic acids is 1. The van der Waals surface area contributed by atoms with Crippen molar-refractivity contribution in [2.24, 2.45) is 11.8 Å². The van der Waals surface area contributed by atoms with Crippen molar-refractivity contribution < 1.29 is 14.7 Å². The first-order valence-electron chi connectivity index (χ1n) is 8.77. The van der Waals surface area contributed by atoms with Crippen molar-refractivity contribution in [2.45, 2.75) is 39.2 Å². The number of carbonyl (C=O) groups is 2. The first kappa shape index (κ1) is 18.2. The molecule has 0 saturated carbocycles. The zero-order valence-corrected chi connectivity index (χ0v) is 14.7. The van der Waals surface area contributed by atoms with E-state index in [4.69, 9.17) is 5.11 Å². The number of likely N-dealkylation sites (tertiary alicyclic amines) is 2. The molecule has 23 heavy (non-hydrogen) atoms. The smallest absolute Gasteiger partial charge is 0.317 e. The molecule has 1 N–H and O–H groups in total. The fraction of sp³-hybridized carbons (Fsp3) is 0.882. The number of carboxylic acids is 1. The van der Waals surface area contributed by atoms with Gasteiger partial charge in [0.05, 0.1) is 13.1 Å². The summed E-state index contributed by atoms with van der Waals surface area (Å²) in [5.41, 5.74) is 0. The van der Waals surface area contributed by atoms with Crippen molar-refractivity contribution in [3.63, 3.8) is 0 Å². The van der Waals surface area contributed by atoms with Crippen LogP contribution in [0.3, 0.4) is 0 Å². The summed E-state index contributed by atoms with van der Waals surface area (Å²) in [6.45, 7) is 8.57. The number of hydrogen-bond donors (Lipinski definition) is 1. The highest BCUT2D eigenvalue weighted by Gasteiger charge is 2.28. The van der Waals surface area contributed by atoms with Crippen LogP contribution in [-0.4, -0.2) is 84.0 Å². The topological polar surface area (TPSA) is 64.1 Å². The Kier molecular flexibility index (Phi) is 6.41. The Labute approximate surface area is 139 Å². The van der Waals surface area contributed by atoms with Gasteiger partial charge in [0.1, 0.15) is 0 Å². The van der Waals surface area contributed by atoms with E-state index < -0.39 is 5.97 Å². The standard InChI is InChI=1S/C17H31N3O3/c1-13-8-14(2)10-20(9-13)16(21)11-19-6-4-15(5-7-19)18(3)12-17(22)23/h13-15H,4-12H2,1-3H3,(H,22,23). The van der Waals surface area contributed by atoms with Crippen molar-refractivity contribution >= 4 is 11.9 Å². The quantitative estimate of drug-likeness (QED) is 0.816. The Balaban J connectivity index is 1.75. The van der Waals surface area contributed by atoms with E-state index in [9.17, 15) is 9.59 Å². The maximum absolute atomic E-state index is 12.5. The zero-order valence-electron chi connectivity index (χ0n) is 14.7. The highest BCUT2D eigenvalue weighted by atomic mass is 16.4. The van der Waals surface area contributed by atoms with Crippen molar-refractivity contribution in [3.8, 4) is 0 Å². The third-order valence-electron chi connectivity index (χ3n) is 5.15. The lowest BCUT2D eigenvalue weighted by molar-refractivity contribution is -0.138. The van der Waals surface area contributed by atoms with Gasteiger partial charge in [-0.2, -0.15) is 0 Å². The zero-order chi connectivity index (χ0) is 17.0. The molecule has 2 aliphatic rings. The van der Waals surface area contributed by atoms with E-state index in [2.05, 4.69) is 18.7 Å². The molecule has 6 heteroatoms. The summed E-state index contributed by atoms with van der Waals surface area (Å²) in [6.07, 6.45) is 3.08. The molecule has 2 saturated heterocycles. The number of hydrogen-bond acceptors (Lipinski definition) is 4. The second-order valence-corrected chi connectivity index (χ2v) is 7.56. The van der Waals surface area contributed by atoms with Gasteiger partial charge in [-0.3, -0.25) is 19.4 Å². The van der Waals surface area contributed by atoms with Crippen LogP contribution in [0.2, 0.25) is 0 Å². The fourth-order valence-electron chi connectivity index (χ4n) is 4.02. The van der Waals surface area contributed by atoms with E-state index in [1.54, 1.807) is 0 Å². The number of piperidine rings is 2. The maximum Gasteiger partial charge on any atom is 0.317 e. The van der Waals surface area contributed by atoms with Gasteiger partial charge in [-0.15, -0.1) is 0 Å². The molecule has 0 aromatic carbocycles. The van der Waals surface area contributed by atoms with Crippen LogP contribution in [0.1, 0.15) is 33.1 Å². The predicted octanol–water partition coefficient (Wildman–Crippen LogP) is 0.972. The number of carboxylic acid groups (broad SMARTS) is 1. The van der Waals surface area contributed by atoms with E-state index in [0.717, 1.165) is 39.0 Å². The van der Waals surface area contributed by atoms with Crippen LogP contribution in [0.4, 0.5) is 0 Å². The molecule has 0 aromatic heterocycles. The first-order chi connectivity index (χ1) is 10.8. The van der Waals surface area contributed by atoms with Gasteiger partial charge >= 0.3 is 5.97 Å². The monoisotopic (exact) mass is 325 g/mol. The molecular weight excluding hydrogens is 294 g/mol. The highest BCUT2D eigenvalue weighted by molar-refractivity contribution is 5.78. The predicted molar refractivity (Wildman–Crippen MR) is 89.3 cm³/mol. The summed E-state index contributed by atoms with van der Waals surface area (Å²) in [5, 5.41) is 8.87. The van der Waals surface area contributed by atoms with E-state index in [0.29, 0.717) is 24.4 Å². The van der Waals surface area contributed by atoms with E-state index in [1.807, 2.05) is 16.8 Å². The molecule has 0 aliphatic carbocycles. The van der Waals surface area contributed by atoms with Crippen LogP contribution in [0, 0.1) is 11.8 Å². The van der Waals surface area contributed by atoms with Crippen LogP contribution in [0.15, 0.2) is 0 Å². The van der Waals surface area contributed by atoms with Crippen LogP contribution in [0.25, 0.3) is 0 Å². The molecule has 0 spiro atoms. The Morgan fingerprint density at radius 3 is 2.22 bits per heavy atom. The molecule has 132 valence electrons. The molecule has 2 fully saturated rings. The number of nitrogens with zero attached hydrogens (tertiary/aromatic N) is 3. The molecule has 1 amide bonds. The molecular formula is C17H31N3O3. The Bertz CT molecular complexity index is 411. The molecule has 0 radical (unpaired) electrons. The second kappa shape index (κ2) is 8.11. The lowest BCUT2D eigenvalue weighted by atomic mass is 9.92. The van der Waals surface area contributed by atoms with Gasteiger partial charge in [-0.1, -0.05) is 13.8 Å². The Morgan fingerprint density at radius 2 is 1.70 bits per heavy atom. The summed E-state index contributed by atoms with van der Waals surface area (Å²) < 4.78 is 0. The average Bonchev–Trinajstić information content (AvgIpc) is 2.46. The van der Waals surface area contributed by atoms with Gasteiger partial charge in [-0.05, 0) is 38.1 Å². The Morgan fingerprint density at radius 1 is 1.13 bits per heavy atom. The third-order valence-corrected chi connectivity index (χ3v) is 5.15. The number of amides is 1. The first-order valence-corrected chi connectivity index (χ1v) is 8.77. The van der Waals surface area contributed by atoms with Gasteiger partial charge in [-0.25, -0.2) is 0 Å². The summed E-state index contributed by atoms with van der Waals surface area (Å²) in [7, 11) is 1.87. The lowest BCUT2D eigenvalue weighted by Crippen LogP contribution is -2.50. The second-order valence-electron chi connectivity index (χ2n) is 7.56. The molecule has 2 atom stereocenters. The van der Waals surface area contributed by atoms with E-state index >= 15 is 0 Å². The normalized spacial score (nSPS) is 27.4. The SMILES string of the molecule is CC1CC(C)CN(C(=O)CN2CCC(N(C)CC(=O)O)CC2)C1. The highest BCUT2D eigenvalue weighted by Crippen LogP contribution is 2.21. The van der Waals surface area contributed by atoms with Gasteiger partial charge in [0.25, 0.3) is 0 Å². The van der Waals surface area contributed by atoms with Crippen LogP contribution >= 0.6 is 0 Å². The molecule has 2 heterocycles. The van der Waals surface area contributed by atoms with Gasteiger partial charge in [0.2, 0.25) is 5.91 Å². The average molecular weight is 325 g/mol. The minimum absolute atomic E-state index is 0.0904. The molecule has 6 nitrogen and oxygen atoms in total. The molecule has 0 bridgehead atoms. The van der Waals surface area contributed by atoms with E-state index in [-0.39, 0.29) is 12.5 Å². The summed E-state index contributed by atoms with van der Waals surface area (Å²) in [4.78, 5) is 29.5. The molecule has 0 aromatic rings. The van der Waals surface area contributed by atoms with Gasteiger partial charge in [0, 0.05) is 32.2 Å². The molecule has 2 unspecified atom stereocenters. The van der Waals surface area contributed by atoms with Crippen molar-refractivity contribution in [1.29, 1.82) is 0 Å². The minimum Gasteiger partial charge on any atom is -0.480 e.